The van der Waals surface area contributed by atoms with Gasteiger partial charge in [0.1, 0.15) is 17.9 Å². The van der Waals surface area contributed by atoms with Crippen molar-refractivity contribution in [3.63, 3.8) is 0 Å². The van der Waals surface area contributed by atoms with Gasteiger partial charge in [-0.1, -0.05) is 0 Å². The Kier molecular flexibility index (Phi) is 6.27. The van der Waals surface area contributed by atoms with Crippen LogP contribution < -0.4 is 21.1 Å². The van der Waals surface area contributed by atoms with Crippen molar-refractivity contribution < 1.29 is 13.9 Å². The van der Waals surface area contributed by atoms with E-state index in [2.05, 4.69) is 14.9 Å². The maximum atomic E-state index is 12.5. The van der Waals surface area contributed by atoms with Crippen LogP contribution in [0.25, 0.3) is 0 Å². The van der Waals surface area contributed by atoms with E-state index in [4.69, 9.17) is 20.6 Å². The fraction of sp³-hybridized carbons (Fsp3) is 0.348. The fourth-order valence-electron chi connectivity index (χ4n) is 3.73. The summed E-state index contributed by atoms with van der Waals surface area (Å²) < 4.78 is 11.0. The summed E-state index contributed by atoms with van der Waals surface area (Å²) in [6.45, 7) is 6.39. The molecule has 32 heavy (non-hydrogen) atoms. The monoisotopic (exact) mass is 436 g/mol. The predicted molar refractivity (Wildman–Crippen MR) is 122 cm³/mol. The first kappa shape index (κ1) is 21.6. The van der Waals surface area contributed by atoms with Crippen LogP contribution in [0.2, 0.25) is 0 Å². The molecule has 3 aromatic rings. The molecule has 1 atom stereocenters. The number of furan rings is 1. The van der Waals surface area contributed by atoms with Crippen LogP contribution in [-0.4, -0.2) is 53.1 Å². The molecule has 1 amide bonds. The molecule has 0 radical (unpaired) electrons. The van der Waals surface area contributed by atoms with E-state index in [0.717, 1.165) is 11.4 Å². The maximum absolute atomic E-state index is 12.5. The number of nitrogens with zero attached hydrogens (tertiary/aromatic N) is 4. The number of piperazine rings is 1. The molecule has 0 aliphatic carbocycles. The van der Waals surface area contributed by atoms with Crippen LogP contribution >= 0.6 is 0 Å². The van der Waals surface area contributed by atoms with Crippen molar-refractivity contribution >= 4 is 17.4 Å². The number of benzene rings is 1. The molecule has 168 valence electrons. The van der Waals surface area contributed by atoms with Crippen LogP contribution in [0, 0.1) is 0 Å². The first-order valence-electron chi connectivity index (χ1n) is 10.6. The summed E-state index contributed by atoms with van der Waals surface area (Å²) >= 11 is 0. The lowest BCUT2D eigenvalue weighted by molar-refractivity contribution is 0.0714. The molecular formula is C23H28N6O3. The summed E-state index contributed by atoms with van der Waals surface area (Å²) in [4.78, 5) is 25.2. The lowest BCUT2D eigenvalue weighted by Gasteiger charge is -2.35. The molecule has 0 bridgehead atoms. The second-order valence-electron chi connectivity index (χ2n) is 7.99. The Hall–Kier alpha value is -3.59. The van der Waals surface area contributed by atoms with Gasteiger partial charge in [0.05, 0.1) is 24.1 Å². The number of hydrogen-bond acceptors (Lipinski definition) is 8. The normalized spacial score (nSPS) is 15.1. The van der Waals surface area contributed by atoms with Crippen molar-refractivity contribution in [3.8, 4) is 5.75 Å². The molecule has 1 saturated heterocycles. The average Bonchev–Trinajstić information content (AvgIpc) is 3.34. The highest BCUT2D eigenvalue weighted by Crippen LogP contribution is 2.29. The minimum atomic E-state index is -0.519. The number of ether oxygens (including phenoxy) is 1. The van der Waals surface area contributed by atoms with E-state index >= 15 is 0 Å². The summed E-state index contributed by atoms with van der Waals surface area (Å²) in [5.41, 5.74) is 14.7. The van der Waals surface area contributed by atoms with Crippen LogP contribution in [0.4, 0.5) is 11.5 Å². The highest BCUT2D eigenvalue weighted by atomic mass is 16.5. The molecule has 9 heteroatoms. The molecule has 4 rings (SSSR count). The van der Waals surface area contributed by atoms with Gasteiger partial charge < -0.3 is 30.4 Å². The Morgan fingerprint density at radius 3 is 2.59 bits per heavy atom. The summed E-state index contributed by atoms with van der Waals surface area (Å²) in [7, 11) is 0. The predicted octanol–water partition coefficient (Wildman–Crippen LogP) is 2.45. The SMILES string of the molecule is CC(C)Oc1ccc(N)c(C(N)c2cc(N3CCN(C(=O)c4ccco4)CC3)ncn2)c1. The third-order valence-electron chi connectivity index (χ3n) is 5.38. The lowest BCUT2D eigenvalue weighted by atomic mass is 10.0. The number of nitrogens with two attached hydrogens (primary N) is 2. The molecule has 1 aliphatic heterocycles. The van der Waals surface area contributed by atoms with Crippen LogP contribution in [-0.2, 0) is 0 Å². The fourth-order valence-corrected chi connectivity index (χ4v) is 3.73. The summed E-state index contributed by atoms with van der Waals surface area (Å²) in [5, 5.41) is 0. The number of anilines is 2. The molecule has 0 saturated carbocycles. The van der Waals surface area contributed by atoms with Crippen molar-refractivity contribution in [2.75, 3.05) is 36.8 Å². The minimum Gasteiger partial charge on any atom is -0.491 e. The third-order valence-corrected chi connectivity index (χ3v) is 5.38. The van der Waals surface area contributed by atoms with Gasteiger partial charge in [-0.3, -0.25) is 4.79 Å². The maximum Gasteiger partial charge on any atom is 0.289 e. The summed E-state index contributed by atoms with van der Waals surface area (Å²) in [6, 6.07) is 10.2. The van der Waals surface area contributed by atoms with Gasteiger partial charge in [0.25, 0.3) is 5.91 Å². The molecule has 1 aromatic carbocycles. The van der Waals surface area contributed by atoms with E-state index in [1.54, 1.807) is 23.1 Å². The molecular weight excluding hydrogens is 408 g/mol. The Bertz CT molecular complexity index is 1060. The summed E-state index contributed by atoms with van der Waals surface area (Å²) in [6.07, 6.45) is 3.06. The van der Waals surface area contributed by atoms with Crippen molar-refractivity contribution in [2.24, 2.45) is 5.73 Å². The molecule has 4 N–H and O–H groups in total. The zero-order chi connectivity index (χ0) is 22.7. The van der Waals surface area contributed by atoms with Crippen LogP contribution in [0.5, 0.6) is 5.75 Å². The molecule has 3 heterocycles. The van der Waals surface area contributed by atoms with Crippen molar-refractivity contribution in [1.82, 2.24) is 14.9 Å². The van der Waals surface area contributed by atoms with Crippen molar-refractivity contribution in [2.45, 2.75) is 26.0 Å². The first-order valence-corrected chi connectivity index (χ1v) is 10.6. The number of aromatic nitrogens is 2. The highest BCUT2D eigenvalue weighted by molar-refractivity contribution is 5.91. The average molecular weight is 437 g/mol. The van der Waals surface area contributed by atoms with Crippen LogP contribution in [0.3, 0.4) is 0 Å². The minimum absolute atomic E-state index is 0.0479. The smallest absolute Gasteiger partial charge is 0.289 e. The Balaban J connectivity index is 1.47. The van der Waals surface area contributed by atoms with E-state index in [9.17, 15) is 4.79 Å². The lowest BCUT2D eigenvalue weighted by Crippen LogP contribution is -2.49. The molecule has 1 unspecified atom stereocenters. The molecule has 2 aromatic heterocycles. The van der Waals surface area contributed by atoms with E-state index in [1.165, 1.54) is 12.6 Å². The number of hydrogen-bond donors (Lipinski definition) is 2. The van der Waals surface area contributed by atoms with E-state index in [0.29, 0.717) is 49.1 Å². The number of carbonyl (C=O) groups is 1. The van der Waals surface area contributed by atoms with Gasteiger partial charge in [0.15, 0.2) is 5.76 Å². The number of rotatable bonds is 6. The Morgan fingerprint density at radius 2 is 1.91 bits per heavy atom. The van der Waals surface area contributed by atoms with E-state index < -0.39 is 6.04 Å². The van der Waals surface area contributed by atoms with Crippen molar-refractivity contribution in [1.29, 1.82) is 0 Å². The van der Waals surface area contributed by atoms with Gasteiger partial charge in [0.2, 0.25) is 0 Å². The number of carbonyl (C=O) groups excluding carboxylic acids is 1. The van der Waals surface area contributed by atoms with Crippen molar-refractivity contribution in [3.05, 3.63) is 66.0 Å². The van der Waals surface area contributed by atoms with Gasteiger partial charge >= 0.3 is 0 Å². The molecule has 1 aliphatic rings. The van der Waals surface area contributed by atoms with E-state index in [-0.39, 0.29) is 12.0 Å². The number of nitrogen functional groups attached to an aromatic ring is 1. The zero-order valence-corrected chi connectivity index (χ0v) is 18.3. The zero-order valence-electron chi connectivity index (χ0n) is 18.3. The van der Waals surface area contributed by atoms with Crippen LogP contribution in [0.15, 0.2) is 53.4 Å². The standard InChI is InChI=1S/C23H28N6O3/c1-15(2)32-16-5-6-18(24)17(12-16)22(25)19-13-21(27-14-26-19)28-7-9-29(10-8-28)23(30)20-4-3-11-31-20/h3-6,11-15,22H,7-10,24-25H2,1-2H3. The molecule has 1 fully saturated rings. The largest absolute Gasteiger partial charge is 0.491 e. The first-order chi connectivity index (χ1) is 15.4. The summed E-state index contributed by atoms with van der Waals surface area (Å²) in [5.74, 6) is 1.74. The number of amides is 1. The third kappa shape index (κ3) is 4.67. The second-order valence-corrected chi connectivity index (χ2v) is 7.99. The van der Waals surface area contributed by atoms with Crippen LogP contribution in [0.1, 0.15) is 41.7 Å². The van der Waals surface area contributed by atoms with Gasteiger partial charge in [-0.05, 0) is 44.2 Å². The Morgan fingerprint density at radius 1 is 1.12 bits per heavy atom. The van der Waals surface area contributed by atoms with Gasteiger partial charge in [-0.2, -0.15) is 0 Å². The molecule has 9 nitrogen and oxygen atoms in total. The van der Waals surface area contributed by atoms with Gasteiger partial charge in [0, 0.05) is 43.5 Å². The molecule has 0 spiro atoms. The quantitative estimate of drug-likeness (QED) is 0.565. The van der Waals surface area contributed by atoms with Gasteiger partial charge in [-0.25, -0.2) is 9.97 Å². The Labute approximate surface area is 187 Å². The second kappa shape index (κ2) is 9.27. The topological polar surface area (TPSA) is 124 Å². The van der Waals surface area contributed by atoms with Gasteiger partial charge in [-0.15, -0.1) is 0 Å². The van der Waals surface area contributed by atoms with E-state index in [1.807, 2.05) is 32.0 Å². The highest BCUT2D eigenvalue weighted by Gasteiger charge is 2.25.